The van der Waals surface area contributed by atoms with Gasteiger partial charge < -0.3 is 20.1 Å². The van der Waals surface area contributed by atoms with Crippen molar-refractivity contribution in [1.82, 2.24) is 10.2 Å². The van der Waals surface area contributed by atoms with Gasteiger partial charge in [-0.05, 0) is 48.8 Å². The minimum atomic E-state index is -0.567. The second kappa shape index (κ2) is 9.03. The Balaban J connectivity index is 1.43. The van der Waals surface area contributed by atoms with Crippen LogP contribution in [0.1, 0.15) is 25.0 Å². The van der Waals surface area contributed by atoms with E-state index in [1.165, 1.54) is 24.3 Å². The van der Waals surface area contributed by atoms with Crippen molar-refractivity contribution in [2.45, 2.75) is 25.6 Å². The Hall–Kier alpha value is -2.97. The molecule has 164 valence electrons. The molecule has 2 aliphatic rings. The number of ether oxygens (including phenoxy) is 1. The highest BCUT2D eigenvalue weighted by molar-refractivity contribution is 5.90. The summed E-state index contributed by atoms with van der Waals surface area (Å²) in [5, 5.41) is 13.0. The third-order valence-electron chi connectivity index (χ3n) is 5.70. The predicted molar refractivity (Wildman–Crippen MR) is 114 cm³/mol. The lowest BCUT2D eigenvalue weighted by atomic mass is 10.0. The van der Waals surface area contributed by atoms with E-state index in [1.54, 1.807) is 24.3 Å². The number of halogens is 1. The summed E-state index contributed by atoms with van der Waals surface area (Å²) < 4.78 is 20.1. The summed E-state index contributed by atoms with van der Waals surface area (Å²) in [5.41, 5.74) is 2.31. The van der Waals surface area contributed by atoms with Gasteiger partial charge in [-0.15, -0.1) is 0 Å². The molecule has 31 heavy (non-hydrogen) atoms. The summed E-state index contributed by atoms with van der Waals surface area (Å²) in [4.78, 5) is 26.7. The quantitative estimate of drug-likeness (QED) is 0.710. The number of carbonyl (C=O) groups is 2. The molecule has 2 atom stereocenters. The van der Waals surface area contributed by atoms with Crippen molar-refractivity contribution in [3.8, 4) is 11.1 Å². The Morgan fingerprint density at radius 3 is 2.61 bits per heavy atom. The molecule has 0 aromatic heterocycles. The maximum Gasteiger partial charge on any atom is 0.414 e. The molecule has 7 nitrogen and oxygen atoms in total. The molecule has 4 rings (SSSR count). The summed E-state index contributed by atoms with van der Waals surface area (Å²) in [7, 11) is 0. The van der Waals surface area contributed by atoms with Crippen LogP contribution in [0.25, 0.3) is 11.1 Å². The molecule has 2 aromatic carbocycles. The zero-order valence-electron chi connectivity index (χ0n) is 17.4. The van der Waals surface area contributed by atoms with Gasteiger partial charge >= 0.3 is 6.09 Å². The number of rotatable bonds is 7. The van der Waals surface area contributed by atoms with Crippen molar-refractivity contribution in [3.05, 3.63) is 53.8 Å². The Labute approximate surface area is 180 Å². The zero-order chi connectivity index (χ0) is 22.0. The van der Waals surface area contributed by atoms with Crippen molar-refractivity contribution in [1.29, 1.82) is 0 Å². The Morgan fingerprint density at radius 1 is 1.26 bits per heavy atom. The zero-order valence-corrected chi connectivity index (χ0v) is 17.4. The maximum atomic E-state index is 14.9. The SMILES string of the molecule is CC(=O)NC[C@H]1CN(c2ccc(-c3ccc(C(O)CN4CCC4)cc3)c(F)c2)C(=O)O1. The first kappa shape index (κ1) is 21.3. The summed E-state index contributed by atoms with van der Waals surface area (Å²) in [5.74, 6) is -0.659. The van der Waals surface area contributed by atoms with Crippen LogP contribution in [0, 0.1) is 5.82 Å². The van der Waals surface area contributed by atoms with Gasteiger partial charge in [0.25, 0.3) is 0 Å². The number of β-amino-alcohol motifs (C(OH)–C–C–N with tert-alkyl or cyclic N) is 1. The van der Waals surface area contributed by atoms with Crippen LogP contribution < -0.4 is 10.2 Å². The number of hydrogen-bond donors (Lipinski definition) is 2. The molecule has 0 saturated carbocycles. The van der Waals surface area contributed by atoms with E-state index in [0.717, 1.165) is 18.7 Å². The molecule has 8 heteroatoms. The van der Waals surface area contributed by atoms with Gasteiger partial charge in [-0.2, -0.15) is 0 Å². The number of hydrogen-bond acceptors (Lipinski definition) is 5. The monoisotopic (exact) mass is 427 g/mol. The largest absolute Gasteiger partial charge is 0.442 e. The van der Waals surface area contributed by atoms with E-state index < -0.39 is 24.1 Å². The number of carbonyl (C=O) groups excluding carboxylic acids is 2. The van der Waals surface area contributed by atoms with Crippen LogP contribution in [0.3, 0.4) is 0 Å². The van der Waals surface area contributed by atoms with Gasteiger partial charge in [0.1, 0.15) is 11.9 Å². The first-order chi connectivity index (χ1) is 14.9. The normalized spacial score (nSPS) is 19.6. The van der Waals surface area contributed by atoms with E-state index in [9.17, 15) is 19.1 Å². The molecular formula is C23H26FN3O4. The summed E-state index contributed by atoms with van der Waals surface area (Å²) in [6, 6.07) is 11.8. The lowest BCUT2D eigenvalue weighted by molar-refractivity contribution is -0.119. The fraction of sp³-hybridized carbons (Fsp3) is 0.391. The number of cyclic esters (lactones) is 1. The first-order valence-corrected chi connectivity index (χ1v) is 10.4. The van der Waals surface area contributed by atoms with E-state index in [4.69, 9.17) is 4.74 Å². The predicted octanol–water partition coefficient (Wildman–Crippen LogP) is 2.69. The standard InChI is InChI=1S/C23H26FN3O4/c1-15(28)25-12-19-13-27(23(30)31-19)18-7-8-20(21(24)11-18)16-3-5-17(6-4-16)22(29)14-26-9-2-10-26/h3-8,11,19,22,29H,2,9-10,12-14H2,1H3,(H,25,28)/t19-,22?/m0/s1. The van der Waals surface area contributed by atoms with E-state index in [2.05, 4.69) is 10.2 Å². The van der Waals surface area contributed by atoms with Crippen molar-refractivity contribution >= 4 is 17.7 Å². The van der Waals surface area contributed by atoms with Gasteiger partial charge in [-0.3, -0.25) is 9.69 Å². The summed E-state index contributed by atoms with van der Waals surface area (Å²) in [6.07, 6.45) is -0.433. The van der Waals surface area contributed by atoms with E-state index in [1.807, 2.05) is 12.1 Å². The first-order valence-electron chi connectivity index (χ1n) is 10.4. The Morgan fingerprint density at radius 2 is 2.00 bits per heavy atom. The van der Waals surface area contributed by atoms with Crippen LogP contribution in [0.2, 0.25) is 0 Å². The average Bonchev–Trinajstić information content (AvgIpc) is 3.10. The average molecular weight is 427 g/mol. The highest BCUT2D eigenvalue weighted by Gasteiger charge is 2.32. The number of nitrogens with zero attached hydrogens (tertiary/aromatic N) is 2. The molecule has 2 saturated heterocycles. The molecule has 0 radical (unpaired) electrons. The molecule has 1 unspecified atom stereocenters. The van der Waals surface area contributed by atoms with E-state index in [0.29, 0.717) is 23.4 Å². The molecule has 0 bridgehead atoms. The molecule has 0 aliphatic carbocycles. The lowest BCUT2D eigenvalue weighted by Crippen LogP contribution is -2.39. The smallest absolute Gasteiger partial charge is 0.414 e. The van der Waals surface area contributed by atoms with Crippen LogP contribution in [-0.4, -0.2) is 60.8 Å². The van der Waals surface area contributed by atoms with Crippen LogP contribution in [0.15, 0.2) is 42.5 Å². The maximum absolute atomic E-state index is 14.9. The van der Waals surface area contributed by atoms with Gasteiger partial charge in [-0.1, -0.05) is 24.3 Å². The van der Waals surface area contributed by atoms with Crippen LogP contribution in [0.4, 0.5) is 14.9 Å². The number of nitrogens with one attached hydrogen (secondary N) is 1. The fourth-order valence-corrected chi connectivity index (χ4v) is 3.80. The molecule has 0 spiro atoms. The Kier molecular flexibility index (Phi) is 6.20. The number of benzene rings is 2. The summed E-state index contributed by atoms with van der Waals surface area (Å²) >= 11 is 0. The van der Waals surface area contributed by atoms with E-state index >= 15 is 0 Å². The molecule has 2 N–H and O–H groups in total. The minimum absolute atomic E-state index is 0.205. The van der Waals surface area contributed by atoms with Gasteiger partial charge in [-0.25, -0.2) is 9.18 Å². The number of aliphatic hydroxyl groups excluding tert-OH is 1. The number of amides is 2. The number of likely N-dealkylation sites (tertiary alicyclic amines) is 1. The van der Waals surface area contributed by atoms with Crippen LogP contribution in [0.5, 0.6) is 0 Å². The lowest BCUT2D eigenvalue weighted by Gasteiger charge is -2.32. The van der Waals surface area contributed by atoms with Gasteiger partial charge in [0.15, 0.2) is 0 Å². The highest BCUT2D eigenvalue weighted by Crippen LogP contribution is 2.30. The van der Waals surface area contributed by atoms with E-state index in [-0.39, 0.29) is 19.0 Å². The molecular weight excluding hydrogens is 401 g/mol. The van der Waals surface area contributed by atoms with Crippen molar-refractivity contribution in [2.24, 2.45) is 0 Å². The number of aliphatic hydroxyl groups is 1. The molecule has 2 heterocycles. The topological polar surface area (TPSA) is 82.1 Å². The minimum Gasteiger partial charge on any atom is -0.442 e. The van der Waals surface area contributed by atoms with Gasteiger partial charge in [0, 0.05) is 19.0 Å². The second-order valence-electron chi connectivity index (χ2n) is 8.01. The van der Waals surface area contributed by atoms with Gasteiger partial charge in [0.2, 0.25) is 5.91 Å². The molecule has 2 fully saturated rings. The third-order valence-corrected chi connectivity index (χ3v) is 5.70. The fourth-order valence-electron chi connectivity index (χ4n) is 3.80. The third kappa shape index (κ3) is 4.86. The van der Waals surface area contributed by atoms with Crippen molar-refractivity contribution in [2.75, 3.05) is 37.6 Å². The molecule has 2 aromatic rings. The number of anilines is 1. The molecule has 2 aliphatic heterocycles. The van der Waals surface area contributed by atoms with Crippen LogP contribution >= 0.6 is 0 Å². The second-order valence-corrected chi connectivity index (χ2v) is 8.01. The summed E-state index contributed by atoms with van der Waals surface area (Å²) in [6.45, 7) is 4.49. The molecule has 2 amide bonds. The Bertz CT molecular complexity index is 962. The van der Waals surface area contributed by atoms with Crippen LogP contribution in [-0.2, 0) is 9.53 Å². The highest BCUT2D eigenvalue weighted by atomic mass is 19.1. The van der Waals surface area contributed by atoms with Gasteiger partial charge in [0.05, 0.1) is 24.9 Å². The van der Waals surface area contributed by atoms with Crippen molar-refractivity contribution in [3.63, 3.8) is 0 Å². The van der Waals surface area contributed by atoms with Crippen molar-refractivity contribution < 1.29 is 23.8 Å².